The minimum atomic E-state index is -0.0600. The molecule has 1 aromatic rings. The number of rotatable bonds is 28. The van der Waals surface area contributed by atoms with Crippen molar-refractivity contribution in [3.8, 4) is 5.75 Å². The number of carbonyl (C=O) groups is 1. The lowest BCUT2D eigenvalue weighted by Crippen LogP contribution is -2.09. The molecule has 0 unspecified atom stereocenters. The first-order valence-electron chi connectivity index (χ1n) is 17.1. The van der Waals surface area contributed by atoms with Crippen molar-refractivity contribution in [1.29, 1.82) is 0 Å². The van der Waals surface area contributed by atoms with E-state index < -0.39 is 0 Å². The van der Waals surface area contributed by atoms with Crippen LogP contribution < -0.4 is 4.74 Å². The van der Waals surface area contributed by atoms with Crippen LogP contribution in [-0.4, -0.2) is 5.97 Å². The van der Waals surface area contributed by atoms with E-state index in [0.717, 1.165) is 25.0 Å². The maximum atomic E-state index is 12.4. The topological polar surface area (TPSA) is 26.3 Å². The highest BCUT2D eigenvalue weighted by molar-refractivity contribution is 5.72. The molecule has 0 radical (unpaired) electrons. The van der Waals surface area contributed by atoms with Gasteiger partial charge in [-0.25, -0.2) is 0 Å². The summed E-state index contributed by atoms with van der Waals surface area (Å²) >= 11 is 0. The third kappa shape index (κ3) is 21.6. The predicted molar refractivity (Wildman–Crippen MR) is 167 cm³/mol. The van der Waals surface area contributed by atoms with Gasteiger partial charge in [0.2, 0.25) is 0 Å². The van der Waals surface area contributed by atoms with E-state index in [1.165, 1.54) is 153 Å². The molecule has 0 spiro atoms. The maximum absolute atomic E-state index is 12.4. The monoisotopic (exact) mass is 528 g/mol. The molecule has 0 N–H and O–H groups in total. The molecule has 2 heteroatoms. The highest BCUT2D eigenvalue weighted by Crippen LogP contribution is 2.22. The lowest BCUT2D eigenvalue weighted by atomic mass is 10.0. The number of ether oxygens (including phenoxy) is 1. The number of hydrogen-bond donors (Lipinski definition) is 0. The molecule has 0 aromatic heterocycles. The molecule has 1 rings (SSSR count). The first-order chi connectivity index (χ1) is 18.8. The molecule has 220 valence electrons. The van der Waals surface area contributed by atoms with Crippen molar-refractivity contribution < 1.29 is 9.53 Å². The van der Waals surface area contributed by atoms with Crippen molar-refractivity contribution >= 4 is 5.97 Å². The van der Waals surface area contributed by atoms with Gasteiger partial charge in [-0.15, -0.1) is 0 Å². The zero-order valence-corrected chi connectivity index (χ0v) is 25.7. The van der Waals surface area contributed by atoms with Gasteiger partial charge in [0.25, 0.3) is 0 Å². The van der Waals surface area contributed by atoms with Crippen LogP contribution in [0.2, 0.25) is 0 Å². The Morgan fingerprint density at radius 1 is 0.500 bits per heavy atom. The highest BCUT2D eigenvalue weighted by atomic mass is 16.5. The van der Waals surface area contributed by atoms with Crippen molar-refractivity contribution in [2.75, 3.05) is 0 Å². The second-order valence-corrected chi connectivity index (χ2v) is 11.7. The molecule has 0 saturated carbocycles. The summed E-state index contributed by atoms with van der Waals surface area (Å²) in [7, 11) is 0. The van der Waals surface area contributed by atoms with E-state index >= 15 is 0 Å². The van der Waals surface area contributed by atoms with Gasteiger partial charge >= 0.3 is 5.97 Å². The predicted octanol–water partition coefficient (Wildman–Crippen LogP) is 12.3. The van der Waals surface area contributed by atoms with Crippen molar-refractivity contribution in [3.05, 3.63) is 29.8 Å². The van der Waals surface area contributed by atoms with E-state index in [4.69, 9.17) is 4.74 Å². The normalized spacial score (nSPS) is 11.2. The largest absolute Gasteiger partial charge is 0.426 e. The molecule has 1 aromatic carbocycles. The molecule has 0 aliphatic carbocycles. The zero-order chi connectivity index (χ0) is 27.4. The van der Waals surface area contributed by atoms with Gasteiger partial charge in [-0.3, -0.25) is 4.79 Å². The van der Waals surface area contributed by atoms with Crippen molar-refractivity contribution in [2.24, 2.45) is 0 Å². The number of esters is 1. The molecule has 0 aliphatic heterocycles. The fourth-order valence-corrected chi connectivity index (χ4v) is 5.43. The quantitative estimate of drug-likeness (QED) is 0.0614. The molecule has 0 heterocycles. The van der Waals surface area contributed by atoms with E-state index in [2.05, 4.69) is 26.0 Å². The SMILES string of the molecule is CCCCCCCCCCCCCCCCCC(=O)Oc1ccccc1CCCCCCCCCCCC. The van der Waals surface area contributed by atoms with Crippen LogP contribution in [0.1, 0.15) is 186 Å². The molecule has 0 fully saturated rings. The summed E-state index contributed by atoms with van der Waals surface area (Å²) in [5.74, 6) is 0.726. The molecule has 0 aliphatic rings. The van der Waals surface area contributed by atoms with E-state index in [9.17, 15) is 4.79 Å². The number of hydrogen-bond acceptors (Lipinski definition) is 2. The average Bonchev–Trinajstić information content (AvgIpc) is 2.92. The minimum Gasteiger partial charge on any atom is -0.426 e. The molecule has 0 saturated heterocycles. The van der Waals surface area contributed by atoms with Crippen LogP contribution in [0.4, 0.5) is 0 Å². The first kappa shape index (κ1) is 34.7. The van der Waals surface area contributed by atoms with Gasteiger partial charge < -0.3 is 4.74 Å². The Kier molecular flexibility index (Phi) is 24.9. The molecule has 38 heavy (non-hydrogen) atoms. The number of benzene rings is 1. The van der Waals surface area contributed by atoms with Crippen LogP contribution in [-0.2, 0) is 11.2 Å². The number of unbranched alkanes of at least 4 members (excludes halogenated alkanes) is 23. The first-order valence-corrected chi connectivity index (χ1v) is 17.1. The Labute approximate surface area is 238 Å². The van der Waals surface area contributed by atoms with Gasteiger partial charge in [-0.05, 0) is 30.9 Å². The third-order valence-corrected chi connectivity index (χ3v) is 7.98. The Bertz CT molecular complexity index is 638. The van der Waals surface area contributed by atoms with Crippen molar-refractivity contribution in [1.82, 2.24) is 0 Å². The summed E-state index contributed by atoms with van der Waals surface area (Å²) in [6.45, 7) is 4.56. The Hall–Kier alpha value is -1.31. The van der Waals surface area contributed by atoms with Gasteiger partial charge in [0.15, 0.2) is 0 Å². The number of aryl methyl sites for hydroxylation is 1. The van der Waals surface area contributed by atoms with Gasteiger partial charge in [0.05, 0.1) is 0 Å². The fourth-order valence-electron chi connectivity index (χ4n) is 5.43. The van der Waals surface area contributed by atoms with Crippen LogP contribution in [0.25, 0.3) is 0 Å². The van der Waals surface area contributed by atoms with Crippen LogP contribution in [0.5, 0.6) is 5.75 Å². The Morgan fingerprint density at radius 2 is 0.868 bits per heavy atom. The smallest absolute Gasteiger partial charge is 0.311 e. The van der Waals surface area contributed by atoms with Crippen molar-refractivity contribution in [3.63, 3.8) is 0 Å². The lowest BCUT2D eigenvalue weighted by Gasteiger charge is -2.10. The number of carbonyl (C=O) groups excluding carboxylic acids is 1. The summed E-state index contributed by atoms with van der Waals surface area (Å²) in [6.07, 6.45) is 35.2. The molecule has 2 nitrogen and oxygen atoms in total. The second kappa shape index (κ2) is 27.3. The summed E-state index contributed by atoms with van der Waals surface area (Å²) in [6, 6.07) is 8.15. The van der Waals surface area contributed by atoms with E-state index in [-0.39, 0.29) is 5.97 Å². The number of para-hydroxylation sites is 1. The summed E-state index contributed by atoms with van der Waals surface area (Å²) in [4.78, 5) is 12.4. The summed E-state index contributed by atoms with van der Waals surface area (Å²) in [5.41, 5.74) is 1.19. The fraction of sp³-hybridized carbons (Fsp3) is 0.806. The van der Waals surface area contributed by atoms with Gasteiger partial charge in [-0.1, -0.05) is 180 Å². The third-order valence-electron chi connectivity index (χ3n) is 7.98. The van der Waals surface area contributed by atoms with Crippen molar-refractivity contribution in [2.45, 2.75) is 187 Å². The molecule has 0 bridgehead atoms. The van der Waals surface area contributed by atoms with Gasteiger partial charge in [0, 0.05) is 6.42 Å². The zero-order valence-electron chi connectivity index (χ0n) is 25.7. The minimum absolute atomic E-state index is 0.0600. The van der Waals surface area contributed by atoms with Gasteiger partial charge in [-0.2, -0.15) is 0 Å². The Balaban J connectivity index is 1.99. The van der Waals surface area contributed by atoms with E-state index in [0.29, 0.717) is 6.42 Å². The summed E-state index contributed by atoms with van der Waals surface area (Å²) in [5, 5.41) is 0. The van der Waals surface area contributed by atoms with E-state index in [1.54, 1.807) is 0 Å². The van der Waals surface area contributed by atoms with Crippen LogP contribution >= 0.6 is 0 Å². The van der Waals surface area contributed by atoms with Gasteiger partial charge in [0.1, 0.15) is 5.75 Å². The standard InChI is InChI=1S/C36H64O2/c1-3-5-7-9-11-13-15-16-17-18-19-21-23-25-27-33-36(37)38-35-32-29-28-31-34(35)30-26-24-22-20-14-12-10-8-6-4-2/h28-29,31-32H,3-27,30,33H2,1-2H3. The average molecular weight is 529 g/mol. The second-order valence-electron chi connectivity index (χ2n) is 11.7. The lowest BCUT2D eigenvalue weighted by molar-refractivity contribution is -0.134. The van der Waals surface area contributed by atoms with Crippen LogP contribution in [0, 0.1) is 0 Å². The maximum Gasteiger partial charge on any atom is 0.311 e. The Morgan fingerprint density at radius 3 is 1.32 bits per heavy atom. The highest BCUT2D eigenvalue weighted by Gasteiger charge is 2.09. The molecular formula is C36H64O2. The van der Waals surface area contributed by atoms with Crippen LogP contribution in [0.3, 0.4) is 0 Å². The molecular weight excluding hydrogens is 464 g/mol. The summed E-state index contributed by atoms with van der Waals surface area (Å²) < 4.78 is 5.77. The molecule has 0 amide bonds. The molecule has 0 atom stereocenters. The van der Waals surface area contributed by atoms with E-state index in [1.807, 2.05) is 12.1 Å². The van der Waals surface area contributed by atoms with Crippen LogP contribution in [0.15, 0.2) is 24.3 Å².